The molecule has 4 aromatic rings. The lowest BCUT2D eigenvalue weighted by Crippen LogP contribution is -2.30. The second-order valence-electron chi connectivity index (χ2n) is 10.2. The molecule has 7 N–H and O–H groups in total. The zero-order valence-electron chi connectivity index (χ0n) is 22.4. The minimum atomic E-state index is -4.87. The second kappa shape index (κ2) is 10.8. The van der Waals surface area contributed by atoms with Crippen LogP contribution in [0.5, 0.6) is 0 Å². The van der Waals surface area contributed by atoms with Gasteiger partial charge in [0.2, 0.25) is 5.95 Å². The Morgan fingerprint density at radius 3 is 2.57 bits per heavy atom. The van der Waals surface area contributed by atoms with E-state index in [0.29, 0.717) is 15.9 Å². The maximum atomic E-state index is 13.3. The first-order valence-corrected chi connectivity index (χ1v) is 16.7. The molecule has 4 aromatic heterocycles. The lowest BCUT2D eigenvalue weighted by Gasteiger charge is -2.25. The highest BCUT2D eigenvalue weighted by Gasteiger charge is 2.51. The molecule has 2 bridgehead atoms. The minimum Gasteiger partial charge on any atom is -0.382 e. The number of hydrogen-bond acceptors (Lipinski definition) is 18. The van der Waals surface area contributed by atoms with E-state index in [1.807, 2.05) is 0 Å². The zero-order chi connectivity index (χ0) is 31.0. The number of nitrogens with zero attached hydrogens (tertiary/aromatic N) is 7. The molecule has 7 rings (SSSR count). The number of nitrogen functional groups attached to an aromatic ring is 2. The van der Waals surface area contributed by atoms with Crippen LogP contribution >= 0.6 is 27.2 Å². The second-order valence-corrected chi connectivity index (χ2v) is 13.8. The summed E-state index contributed by atoms with van der Waals surface area (Å²) in [6.07, 6.45) is -5.27. The summed E-state index contributed by atoms with van der Waals surface area (Å²) in [6.45, 7) is 0.508. The highest BCUT2D eigenvalue weighted by Crippen LogP contribution is 2.55. The average Bonchev–Trinajstić information content (AvgIpc) is 3.72. The number of fused-ring (bicyclic) bond motifs is 5. The van der Waals surface area contributed by atoms with Crippen molar-refractivity contribution in [3.8, 4) is 0 Å². The number of aromatic nitrogens is 8. The fourth-order valence-electron chi connectivity index (χ4n) is 5.29. The molecule has 3 fully saturated rings. The van der Waals surface area contributed by atoms with Crippen molar-refractivity contribution in [3.05, 3.63) is 21.6 Å². The summed E-state index contributed by atoms with van der Waals surface area (Å²) in [7, 11) is -9.63. The first-order chi connectivity index (χ1) is 20.9. The maximum absolute atomic E-state index is 13.3. The summed E-state index contributed by atoms with van der Waals surface area (Å²) < 4.78 is 65.4. The summed E-state index contributed by atoms with van der Waals surface area (Å²) >= 11 is 1.05. The molecule has 236 valence electrons. The van der Waals surface area contributed by atoms with Crippen LogP contribution in [-0.2, 0) is 36.7 Å². The normalized spacial score (nSPS) is 36.6. The van der Waals surface area contributed by atoms with E-state index in [2.05, 4.69) is 34.6 Å². The third-order valence-electron chi connectivity index (χ3n) is 7.43. The summed E-state index contributed by atoms with van der Waals surface area (Å²) in [5.74, 6) is -0.825. The number of ether oxygens (including phenoxy) is 2. The lowest BCUT2D eigenvalue weighted by atomic mass is 10.0. The average molecular weight is 674 g/mol. The summed E-state index contributed by atoms with van der Waals surface area (Å²) in [5, 5.41) is 7.71. The van der Waals surface area contributed by atoms with E-state index in [-0.39, 0.29) is 29.4 Å². The van der Waals surface area contributed by atoms with Crippen molar-refractivity contribution in [3.63, 3.8) is 0 Å². The topological polar surface area (TPSA) is 297 Å². The summed E-state index contributed by atoms with van der Waals surface area (Å²) in [5.41, 5.74) is 11.4. The van der Waals surface area contributed by atoms with Gasteiger partial charge in [-0.25, -0.2) is 19.1 Å². The van der Waals surface area contributed by atoms with Crippen LogP contribution in [0.4, 0.5) is 11.8 Å². The molecule has 24 heteroatoms. The molecule has 0 aliphatic carbocycles. The first kappa shape index (κ1) is 29.7. The molecule has 2 unspecified atom stereocenters. The molecule has 21 nitrogen and oxygen atoms in total. The molecule has 9 atom stereocenters. The van der Waals surface area contributed by atoms with Crippen LogP contribution in [0.1, 0.15) is 30.6 Å². The van der Waals surface area contributed by atoms with Gasteiger partial charge in [0, 0.05) is 12.3 Å². The Hall–Kier alpha value is -3.01. The lowest BCUT2D eigenvalue weighted by molar-refractivity contribution is -0.0669. The Bertz CT molecular complexity index is 1900. The van der Waals surface area contributed by atoms with Gasteiger partial charge in [-0.2, -0.15) is 14.0 Å². The van der Waals surface area contributed by atoms with E-state index in [9.17, 15) is 23.7 Å². The summed E-state index contributed by atoms with van der Waals surface area (Å²) in [6, 6.07) is 0. The van der Waals surface area contributed by atoms with Crippen LogP contribution in [0, 0.1) is 5.92 Å². The molecular formula is C20H24N10O11P2S. The highest BCUT2D eigenvalue weighted by molar-refractivity contribution is 7.47. The molecule has 3 aliphatic heterocycles. The van der Waals surface area contributed by atoms with Crippen LogP contribution in [0.15, 0.2) is 11.1 Å². The van der Waals surface area contributed by atoms with Gasteiger partial charge in [-0.05, 0) is 11.5 Å². The number of phosphoric acid groups is 2. The molecule has 44 heavy (non-hydrogen) atoms. The molecule has 0 radical (unpaired) electrons. The number of phosphoric ester groups is 2. The third-order valence-corrected chi connectivity index (χ3v) is 10.4. The molecule has 3 saturated heterocycles. The van der Waals surface area contributed by atoms with Crippen LogP contribution < -0.4 is 17.0 Å². The number of nitrogens with one attached hydrogen (secondary N) is 1. The van der Waals surface area contributed by atoms with Crippen molar-refractivity contribution in [1.29, 1.82) is 0 Å². The molecule has 0 aromatic carbocycles. The highest BCUT2D eigenvalue weighted by atomic mass is 32.1. The quantitative estimate of drug-likeness (QED) is 0.177. The number of aromatic amines is 1. The van der Waals surface area contributed by atoms with Gasteiger partial charge in [0.05, 0.1) is 30.3 Å². The van der Waals surface area contributed by atoms with Gasteiger partial charge in [-0.1, -0.05) is 12.1 Å². The fraction of sp³-hybridized carbons (Fsp3) is 0.550. The molecule has 0 saturated carbocycles. The van der Waals surface area contributed by atoms with Crippen LogP contribution in [-0.4, -0.2) is 86.7 Å². The Balaban J connectivity index is 1.19. The van der Waals surface area contributed by atoms with Gasteiger partial charge in [-0.15, -0.1) is 5.10 Å². The molecule has 3 aliphatic rings. The first-order valence-electron chi connectivity index (χ1n) is 13.0. The van der Waals surface area contributed by atoms with E-state index in [1.165, 1.54) is 6.33 Å². The number of anilines is 2. The Morgan fingerprint density at radius 2 is 1.77 bits per heavy atom. The smallest absolute Gasteiger partial charge is 0.382 e. The monoisotopic (exact) mass is 674 g/mol. The van der Waals surface area contributed by atoms with Crippen molar-refractivity contribution < 1.29 is 46.5 Å². The van der Waals surface area contributed by atoms with Crippen molar-refractivity contribution in [2.75, 3.05) is 24.7 Å². The van der Waals surface area contributed by atoms with Gasteiger partial charge in [0.1, 0.15) is 35.7 Å². The maximum Gasteiger partial charge on any atom is 0.472 e. The number of H-pyrrole nitrogens is 1. The molecular weight excluding hydrogens is 650 g/mol. The van der Waals surface area contributed by atoms with Gasteiger partial charge >= 0.3 is 15.6 Å². The van der Waals surface area contributed by atoms with E-state index >= 15 is 0 Å². The predicted octanol–water partition coefficient (Wildman–Crippen LogP) is 0.160. The van der Waals surface area contributed by atoms with Gasteiger partial charge in [-0.3, -0.25) is 27.9 Å². The van der Waals surface area contributed by atoms with Gasteiger partial charge in [0.15, 0.2) is 23.2 Å². The Kier molecular flexibility index (Phi) is 7.29. The molecule has 7 heterocycles. The Labute approximate surface area is 249 Å². The number of rotatable bonds is 2. The summed E-state index contributed by atoms with van der Waals surface area (Å²) in [4.78, 5) is 48.7. The van der Waals surface area contributed by atoms with Crippen molar-refractivity contribution >= 4 is 61.1 Å². The van der Waals surface area contributed by atoms with E-state index in [1.54, 1.807) is 6.92 Å². The predicted molar refractivity (Wildman–Crippen MR) is 147 cm³/mol. The standard InChI is InChI=1S/C20H24N10O11P2S/c1-6-9-3-36-42(32,33)40-7-2-8(15-11-12(28-44-15)16(21)24-5-23-11)38-10(7)4-37-43(34,35)41-14(6)19(39-9)30-17-13(27-29-30)18(31)26-20(22)25-17/h5-10,14,19H,2-4H2,1H3,(H,32,33)(H,34,35)(H2,21,23,24)(H3,22,25,26,31)/t6-,7+,8-,9-,10-,14-,19-/m1/s1. The number of hydrogen-bond donors (Lipinski definition) is 5. The van der Waals surface area contributed by atoms with E-state index < -0.39 is 77.1 Å². The largest absolute Gasteiger partial charge is 0.472 e. The van der Waals surface area contributed by atoms with Gasteiger partial charge in [0.25, 0.3) is 5.56 Å². The van der Waals surface area contributed by atoms with Crippen LogP contribution in [0.2, 0.25) is 0 Å². The minimum absolute atomic E-state index is 0.0232. The van der Waals surface area contributed by atoms with Crippen molar-refractivity contribution in [2.24, 2.45) is 5.92 Å². The van der Waals surface area contributed by atoms with Gasteiger partial charge < -0.3 is 30.7 Å². The van der Waals surface area contributed by atoms with Crippen LogP contribution in [0.25, 0.3) is 22.2 Å². The molecule has 0 amide bonds. The van der Waals surface area contributed by atoms with Crippen LogP contribution in [0.3, 0.4) is 0 Å². The van der Waals surface area contributed by atoms with Crippen molar-refractivity contribution in [1.82, 2.24) is 39.3 Å². The van der Waals surface area contributed by atoms with E-state index in [4.69, 9.17) is 39.0 Å². The Morgan fingerprint density at radius 1 is 1.02 bits per heavy atom. The molecule has 0 spiro atoms. The third kappa shape index (κ3) is 5.31. The fourth-order valence-corrected chi connectivity index (χ4v) is 8.13. The van der Waals surface area contributed by atoms with Crippen molar-refractivity contribution in [2.45, 2.75) is 50.1 Å². The number of nitrogens with two attached hydrogens (primary N) is 2. The SMILES string of the molecule is C[C@H]1[C@H]2OP(=O)(O)OC[C@H]3O[C@@H](c4snc5c(N)ncnc45)C[C@@H]3OP(=O)(O)OC[C@H]1O[C@H]2n1nnc2c(=O)[nH]c(N)nc21. The van der Waals surface area contributed by atoms with E-state index in [0.717, 1.165) is 16.2 Å². The zero-order valence-corrected chi connectivity index (χ0v) is 25.0.